The maximum absolute atomic E-state index is 13.2. The molecule has 0 aromatic heterocycles. The quantitative estimate of drug-likeness (QED) is 0.552. The first-order valence-electron chi connectivity index (χ1n) is 4.37. The van der Waals surface area contributed by atoms with Crippen LogP contribution in [0.4, 0.5) is 4.39 Å². The minimum atomic E-state index is -0.833. The van der Waals surface area contributed by atoms with Gasteiger partial charge in [-0.2, -0.15) is 0 Å². The number of alkyl halides is 1. The number of hydrogen-bond acceptors (Lipinski definition) is 1. The molecule has 1 heterocycles. The Labute approximate surface area is 73.3 Å². The molecular formula is C9H17FNO. The van der Waals surface area contributed by atoms with Gasteiger partial charge in [0.15, 0.2) is 0 Å². The van der Waals surface area contributed by atoms with Gasteiger partial charge in [-0.15, -0.1) is 10.3 Å². The fraction of sp³-hybridized carbons (Fsp3) is 1.00. The Morgan fingerprint density at radius 3 is 1.83 bits per heavy atom. The lowest BCUT2D eigenvalue weighted by Gasteiger charge is -2.47. The summed E-state index contributed by atoms with van der Waals surface area (Å²) in [7, 11) is 0. The van der Waals surface area contributed by atoms with E-state index in [4.69, 9.17) is 0 Å². The maximum Gasteiger partial charge on any atom is 0.104 e. The zero-order chi connectivity index (χ0) is 9.57. The van der Waals surface area contributed by atoms with Gasteiger partial charge in [-0.25, -0.2) is 4.39 Å². The summed E-state index contributed by atoms with van der Waals surface area (Å²) in [5.41, 5.74) is -1.11. The first-order valence-corrected chi connectivity index (χ1v) is 4.37. The number of rotatable bonds is 0. The van der Waals surface area contributed by atoms with E-state index in [1.165, 1.54) is 0 Å². The normalized spacial score (nSPS) is 30.5. The van der Waals surface area contributed by atoms with E-state index in [-0.39, 0.29) is 0 Å². The fourth-order valence-corrected chi connectivity index (χ4v) is 2.14. The van der Waals surface area contributed by atoms with Crippen LogP contribution in [-0.2, 0) is 5.21 Å². The van der Waals surface area contributed by atoms with Crippen LogP contribution in [0.25, 0.3) is 0 Å². The van der Waals surface area contributed by atoms with E-state index in [1.807, 2.05) is 0 Å². The van der Waals surface area contributed by atoms with Crippen molar-refractivity contribution >= 4 is 0 Å². The number of nitrogens with zero attached hydrogens (tertiary/aromatic N) is 1. The summed E-state index contributed by atoms with van der Waals surface area (Å²) in [6, 6.07) is 0. The van der Waals surface area contributed by atoms with Crippen molar-refractivity contribution in [1.82, 2.24) is 5.06 Å². The van der Waals surface area contributed by atoms with Crippen LogP contribution in [0.1, 0.15) is 40.5 Å². The largest absolute Gasteiger partial charge is 0.247 e. The summed E-state index contributed by atoms with van der Waals surface area (Å²) in [5, 5.41) is 12.7. The van der Waals surface area contributed by atoms with Gasteiger partial charge in [0, 0.05) is 11.1 Å². The topological polar surface area (TPSA) is 23.1 Å². The highest BCUT2D eigenvalue weighted by Gasteiger charge is 2.46. The van der Waals surface area contributed by atoms with Gasteiger partial charge in [0.05, 0.1) is 0 Å². The molecule has 0 saturated carbocycles. The lowest BCUT2D eigenvalue weighted by molar-refractivity contribution is -0.294. The third kappa shape index (κ3) is 1.62. The van der Waals surface area contributed by atoms with Crippen molar-refractivity contribution in [3.63, 3.8) is 0 Å². The minimum Gasteiger partial charge on any atom is -0.247 e. The van der Waals surface area contributed by atoms with Crippen LogP contribution in [-0.4, -0.2) is 22.3 Å². The van der Waals surface area contributed by atoms with E-state index in [1.54, 1.807) is 27.7 Å². The standard InChI is InChI=1S/C9H17FNO/c1-8(2)5-7(10)6-9(3,4)11(8)12/h7H,5-6H2,1-4H3. The molecule has 0 aliphatic carbocycles. The molecule has 1 fully saturated rings. The highest BCUT2D eigenvalue weighted by molar-refractivity contribution is 4.95. The molecule has 0 aromatic carbocycles. The van der Waals surface area contributed by atoms with Gasteiger partial charge in [0.25, 0.3) is 0 Å². The van der Waals surface area contributed by atoms with Crippen molar-refractivity contribution in [2.75, 3.05) is 0 Å². The van der Waals surface area contributed by atoms with Gasteiger partial charge in [-0.3, -0.25) is 0 Å². The molecule has 3 heteroatoms. The van der Waals surface area contributed by atoms with E-state index in [0.29, 0.717) is 12.8 Å². The Morgan fingerprint density at radius 1 is 1.17 bits per heavy atom. The molecule has 0 bridgehead atoms. The van der Waals surface area contributed by atoms with Crippen LogP contribution in [0.2, 0.25) is 0 Å². The van der Waals surface area contributed by atoms with Crippen LogP contribution in [0.5, 0.6) is 0 Å². The number of hydroxylamine groups is 2. The highest BCUT2D eigenvalue weighted by atomic mass is 19.1. The van der Waals surface area contributed by atoms with Crippen LogP contribution >= 0.6 is 0 Å². The van der Waals surface area contributed by atoms with Crippen molar-refractivity contribution in [2.45, 2.75) is 57.8 Å². The highest BCUT2D eigenvalue weighted by Crippen LogP contribution is 2.38. The van der Waals surface area contributed by atoms with Gasteiger partial charge in [-0.05, 0) is 40.5 Å². The Morgan fingerprint density at radius 2 is 1.50 bits per heavy atom. The lowest BCUT2D eigenvalue weighted by atomic mass is 9.81. The number of piperidine rings is 1. The van der Waals surface area contributed by atoms with Gasteiger partial charge < -0.3 is 0 Å². The average Bonchev–Trinajstić information content (AvgIpc) is 1.80. The summed E-state index contributed by atoms with van der Waals surface area (Å²) >= 11 is 0. The predicted molar refractivity (Wildman–Crippen MR) is 44.8 cm³/mol. The molecule has 71 valence electrons. The van der Waals surface area contributed by atoms with Crippen LogP contribution in [0, 0.1) is 0 Å². The van der Waals surface area contributed by atoms with Gasteiger partial charge in [-0.1, -0.05) is 0 Å². The molecule has 1 aliphatic rings. The van der Waals surface area contributed by atoms with E-state index >= 15 is 0 Å². The van der Waals surface area contributed by atoms with Crippen LogP contribution in [0.3, 0.4) is 0 Å². The summed E-state index contributed by atoms with van der Waals surface area (Å²) in [6.07, 6.45) is -0.139. The molecule has 0 N–H and O–H groups in total. The summed E-state index contributed by atoms with van der Waals surface area (Å²) in [6.45, 7) is 7.20. The smallest absolute Gasteiger partial charge is 0.104 e. The van der Waals surface area contributed by atoms with Gasteiger partial charge >= 0.3 is 0 Å². The Bertz CT molecular complexity index is 161. The predicted octanol–water partition coefficient (Wildman–Crippen LogP) is 2.32. The SMILES string of the molecule is CC1(C)CC(F)CC(C)(C)N1[O]. The second-order valence-corrected chi connectivity index (χ2v) is 4.92. The minimum absolute atomic E-state index is 0.347. The van der Waals surface area contributed by atoms with Crippen LogP contribution in [0.15, 0.2) is 0 Å². The molecule has 1 rings (SSSR count). The Balaban J connectivity index is 2.84. The van der Waals surface area contributed by atoms with Crippen molar-refractivity contribution < 1.29 is 9.60 Å². The second-order valence-electron chi connectivity index (χ2n) is 4.92. The molecule has 0 aromatic rings. The number of hydrogen-bond donors (Lipinski definition) is 0. The average molecular weight is 174 g/mol. The molecule has 1 radical (unpaired) electrons. The zero-order valence-corrected chi connectivity index (χ0v) is 8.22. The molecular weight excluding hydrogens is 157 g/mol. The van der Waals surface area contributed by atoms with Crippen molar-refractivity contribution in [3.05, 3.63) is 0 Å². The van der Waals surface area contributed by atoms with E-state index in [9.17, 15) is 9.60 Å². The third-order valence-electron chi connectivity index (χ3n) is 2.54. The van der Waals surface area contributed by atoms with E-state index in [2.05, 4.69) is 0 Å². The van der Waals surface area contributed by atoms with Crippen molar-refractivity contribution in [1.29, 1.82) is 0 Å². The Kier molecular flexibility index (Phi) is 2.21. The molecule has 0 spiro atoms. The maximum atomic E-state index is 13.2. The first-order chi connectivity index (χ1) is 5.26. The Hall–Kier alpha value is -0.150. The summed E-state index contributed by atoms with van der Waals surface area (Å²) in [5.74, 6) is 0. The van der Waals surface area contributed by atoms with E-state index in [0.717, 1.165) is 5.06 Å². The molecule has 2 nitrogen and oxygen atoms in total. The van der Waals surface area contributed by atoms with Crippen LogP contribution < -0.4 is 0 Å². The summed E-state index contributed by atoms with van der Waals surface area (Å²) < 4.78 is 13.2. The monoisotopic (exact) mass is 174 g/mol. The third-order valence-corrected chi connectivity index (χ3v) is 2.54. The van der Waals surface area contributed by atoms with Gasteiger partial charge in [0.1, 0.15) is 6.17 Å². The molecule has 0 atom stereocenters. The molecule has 0 amide bonds. The van der Waals surface area contributed by atoms with E-state index < -0.39 is 17.2 Å². The second kappa shape index (κ2) is 2.67. The first kappa shape index (κ1) is 9.93. The van der Waals surface area contributed by atoms with Gasteiger partial charge in [0.2, 0.25) is 0 Å². The van der Waals surface area contributed by atoms with Crippen molar-refractivity contribution in [2.24, 2.45) is 0 Å². The number of halogens is 1. The van der Waals surface area contributed by atoms with Crippen molar-refractivity contribution in [3.8, 4) is 0 Å². The molecule has 0 unspecified atom stereocenters. The lowest BCUT2D eigenvalue weighted by Crippen LogP contribution is -2.58. The molecule has 1 aliphatic heterocycles. The molecule has 12 heavy (non-hydrogen) atoms. The fourth-order valence-electron chi connectivity index (χ4n) is 2.14. The zero-order valence-electron chi connectivity index (χ0n) is 8.22. The summed E-state index contributed by atoms with van der Waals surface area (Å²) in [4.78, 5) is 0. The molecule has 1 saturated heterocycles.